The molecule has 8 heteroatoms. The van der Waals surface area contributed by atoms with E-state index in [1.54, 1.807) is 0 Å². The second-order valence-corrected chi connectivity index (χ2v) is 7.91. The molecule has 31 heavy (non-hydrogen) atoms. The fraction of sp³-hybridized carbons (Fsp3) is 0.609. The average molecular weight is 540 g/mol. The lowest BCUT2D eigenvalue weighted by atomic mass is 10.0. The summed E-state index contributed by atoms with van der Waals surface area (Å²) in [4.78, 5) is 11.9. The number of halogens is 1. The van der Waals surface area contributed by atoms with Crippen LogP contribution in [0.2, 0.25) is 0 Å². The van der Waals surface area contributed by atoms with Crippen molar-refractivity contribution in [3.63, 3.8) is 0 Å². The number of aromatic nitrogens is 3. The van der Waals surface area contributed by atoms with Crippen molar-refractivity contribution >= 4 is 29.9 Å². The summed E-state index contributed by atoms with van der Waals surface area (Å²) in [6.45, 7) is 11.1. The third-order valence-corrected chi connectivity index (χ3v) is 5.81. The third-order valence-electron chi connectivity index (χ3n) is 5.81. The van der Waals surface area contributed by atoms with Gasteiger partial charge in [0.15, 0.2) is 5.96 Å². The molecule has 2 N–H and O–H groups in total. The molecular weight excluding hydrogens is 501 g/mol. The van der Waals surface area contributed by atoms with E-state index in [4.69, 9.17) is 4.99 Å². The smallest absolute Gasteiger partial charge is 0.191 e. The predicted octanol–water partition coefficient (Wildman–Crippen LogP) is 3.28. The largest absolute Gasteiger partial charge is 0.357 e. The molecule has 7 nitrogen and oxygen atoms in total. The zero-order chi connectivity index (χ0) is 21.3. The Morgan fingerprint density at radius 2 is 1.94 bits per heavy atom. The van der Waals surface area contributed by atoms with Crippen molar-refractivity contribution in [3.8, 4) is 0 Å². The van der Waals surface area contributed by atoms with Crippen LogP contribution in [0, 0.1) is 0 Å². The molecule has 0 aliphatic carbocycles. The van der Waals surface area contributed by atoms with Crippen molar-refractivity contribution in [2.75, 3.05) is 19.6 Å². The number of guanidine groups is 1. The van der Waals surface area contributed by atoms with E-state index in [0.717, 1.165) is 69.2 Å². The van der Waals surface area contributed by atoms with Crippen LogP contribution in [0.3, 0.4) is 0 Å². The number of hydrogen-bond donors (Lipinski definition) is 2. The highest BCUT2D eigenvalue weighted by atomic mass is 127. The Labute approximate surface area is 204 Å². The van der Waals surface area contributed by atoms with E-state index in [-0.39, 0.29) is 24.0 Å². The van der Waals surface area contributed by atoms with Crippen LogP contribution in [0.1, 0.15) is 56.3 Å². The quantitative estimate of drug-likeness (QED) is 0.306. The molecule has 0 bridgehead atoms. The van der Waals surface area contributed by atoms with Gasteiger partial charge in [0.2, 0.25) is 0 Å². The first-order valence-electron chi connectivity index (χ1n) is 11.3. The summed E-state index contributed by atoms with van der Waals surface area (Å²) in [5.74, 6) is 0.911. The Bertz CT molecular complexity index is 811. The Morgan fingerprint density at radius 3 is 2.55 bits per heavy atom. The average Bonchev–Trinajstić information content (AvgIpc) is 3.08. The van der Waals surface area contributed by atoms with Gasteiger partial charge in [-0.25, -0.2) is 4.99 Å². The minimum Gasteiger partial charge on any atom is -0.357 e. The number of hydrogen-bond acceptors (Lipinski definition) is 4. The fourth-order valence-electron chi connectivity index (χ4n) is 4.20. The van der Waals surface area contributed by atoms with Gasteiger partial charge in [-0.2, -0.15) is 5.10 Å². The van der Waals surface area contributed by atoms with Crippen molar-refractivity contribution in [2.45, 2.75) is 65.6 Å². The van der Waals surface area contributed by atoms with E-state index >= 15 is 0 Å². The molecule has 2 aromatic heterocycles. The van der Waals surface area contributed by atoms with E-state index < -0.39 is 0 Å². The third kappa shape index (κ3) is 7.17. The number of rotatable bonds is 8. The maximum Gasteiger partial charge on any atom is 0.191 e. The van der Waals surface area contributed by atoms with Crippen LogP contribution < -0.4 is 10.6 Å². The fourth-order valence-corrected chi connectivity index (χ4v) is 4.20. The van der Waals surface area contributed by atoms with Gasteiger partial charge in [-0.3, -0.25) is 14.6 Å². The molecule has 0 radical (unpaired) electrons. The van der Waals surface area contributed by atoms with Gasteiger partial charge in [0.1, 0.15) is 0 Å². The molecular formula is C23H38IN7. The van der Waals surface area contributed by atoms with Crippen molar-refractivity contribution in [1.29, 1.82) is 0 Å². The monoisotopic (exact) mass is 539 g/mol. The van der Waals surface area contributed by atoms with Gasteiger partial charge in [-0.15, -0.1) is 24.0 Å². The van der Waals surface area contributed by atoms with E-state index in [1.165, 1.54) is 11.3 Å². The molecule has 172 valence electrons. The van der Waals surface area contributed by atoms with E-state index in [1.807, 2.05) is 24.0 Å². The topological polar surface area (TPSA) is 70.4 Å². The Hall–Kier alpha value is -1.68. The van der Waals surface area contributed by atoms with Crippen LogP contribution in [0.4, 0.5) is 0 Å². The maximum absolute atomic E-state index is 4.91. The molecule has 0 unspecified atom stereocenters. The van der Waals surface area contributed by atoms with Gasteiger partial charge in [0, 0.05) is 56.7 Å². The predicted molar refractivity (Wildman–Crippen MR) is 138 cm³/mol. The van der Waals surface area contributed by atoms with Crippen molar-refractivity contribution < 1.29 is 0 Å². The second kappa shape index (κ2) is 13.0. The van der Waals surface area contributed by atoms with E-state index in [2.05, 4.69) is 58.5 Å². The van der Waals surface area contributed by atoms with Crippen molar-refractivity contribution in [1.82, 2.24) is 30.3 Å². The molecule has 0 saturated carbocycles. The molecule has 3 rings (SSSR count). The van der Waals surface area contributed by atoms with Crippen molar-refractivity contribution in [2.24, 2.45) is 12.0 Å². The Balaban J connectivity index is 0.00000341. The lowest BCUT2D eigenvalue weighted by Gasteiger charge is -2.32. The summed E-state index contributed by atoms with van der Waals surface area (Å²) in [6.07, 6.45) is 6.03. The van der Waals surface area contributed by atoms with Gasteiger partial charge in [0.05, 0.1) is 17.9 Å². The summed E-state index contributed by atoms with van der Waals surface area (Å²) in [6, 6.07) is 6.59. The van der Waals surface area contributed by atoms with Gasteiger partial charge in [-0.1, -0.05) is 19.9 Å². The lowest BCUT2D eigenvalue weighted by molar-refractivity contribution is 0.196. The summed E-state index contributed by atoms with van der Waals surface area (Å²) < 4.78 is 2.02. The molecule has 0 spiro atoms. The highest BCUT2D eigenvalue weighted by molar-refractivity contribution is 14.0. The number of aryl methyl sites for hydroxylation is 2. The van der Waals surface area contributed by atoms with Crippen LogP contribution in [0.25, 0.3) is 0 Å². The molecule has 2 aromatic rings. The number of likely N-dealkylation sites (tertiary alicyclic amines) is 1. The minimum atomic E-state index is 0. The molecule has 0 amide bonds. The first kappa shape index (κ1) is 25.6. The molecule has 0 atom stereocenters. The highest BCUT2D eigenvalue weighted by Crippen LogP contribution is 2.17. The van der Waals surface area contributed by atoms with E-state index in [9.17, 15) is 0 Å². The number of piperidine rings is 1. The normalized spacial score (nSPS) is 15.5. The number of pyridine rings is 1. The first-order chi connectivity index (χ1) is 14.6. The summed E-state index contributed by atoms with van der Waals surface area (Å²) in [5, 5.41) is 11.8. The SMILES string of the molecule is CCNC(=NCc1c(CC)nn(C)c1CC)NC1CCN(Cc2ccccn2)CC1.I. The van der Waals surface area contributed by atoms with Gasteiger partial charge in [-0.05, 0) is 44.7 Å². The van der Waals surface area contributed by atoms with Crippen LogP contribution >= 0.6 is 24.0 Å². The van der Waals surface area contributed by atoms with E-state index in [0.29, 0.717) is 12.6 Å². The molecule has 1 saturated heterocycles. The van der Waals surface area contributed by atoms with Crippen LogP contribution in [0.5, 0.6) is 0 Å². The maximum atomic E-state index is 4.91. The molecule has 1 fully saturated rings. The standard InChI is InChI=1S/C23H37N7.HI/c1-5-21-20(22(6-2)29(4)28-21)16-26-23(24-7-3)27-18-11-14-30(15-12-18)17-19-10-8-9-13-25-19;/h8-10,13,18H,5-7,11-12,14-17H2,1-4H3,(H2,24,26,27);1H. The zero-order valence-electron chi connectivity index (χ0n) is 19.4. The first-order valence-corrected chi connectivity index (χ1v) is 11.3. The van der Waals surface area contributed by atoms with Crippen LogP contribution in [-0.2, 0) is 33.0 Å². The Morgan fingerprint density at radius 1 is 1.16 bits per heavy atom. The minimum absolute atomic E-state index is 0. The number of nitrogens with zero attached hydrogens (tertiary/aromatic N) is 5. The van der Waals surface area contributed by atoms with Crippen LogP contribution in [0.15, 0.2) is 29.4 Å². The lowest BCUT2D eigenvalue weighted by Crippen LogP contribution is -2.48. The molecule has 0 aromatic carbocycles. The molecule has 1 aliphatic rings. The Kier molecular flexibility index (Phi) is 10.7. The molecule has 1 aliphatic heterocycles. The van der Waals surface area contributed by atoms with Gasteiger partial charge >= 0.3 is 0 Å². The van der Waals surface area contributed by atoms with Crippen LogP contribution in [-0.4, -0.2) is 51.3 Å². The zero-order valence-corrected chi connectivity index (χ0v) is 21.7. The highest BCUT2D eigenvalue weighted by Gasteiger charge is 2.20. The van der Waals surface area contributed by atoms with Gasteiger partial charge in [0.25, 0.3) is 0 Å². The summed E-state index contributed by atoms with van der Waals surface area (Å²) in [5.41, 5.74) is 4.88. The summed E-state index contributed by atoms with van der Waals surface area (Å²) in [7, 11) is 2.04. The van der Waals surface area contributed by atoms with Crippen molar-refractivity contribution in [3.05, 3.63) is 47.0 Å². The second-order valence-electron chi connectivity index (χ2n) is 7.91. The number of aliphatic imine (C=N–C) groups is 1. The summed E-state index contributed by atoms with van der Waals surface area (Å²) >= 11 is 0. The molecule has 3 heterocycles. The number of nitrogens with one attached hydrogen (secondary N) is 2. The van der Waals surface area contributed by atoms with Gasteiger partial charge < -0.3 is 10.6 Å².